The summed E-state index contributed by atoms with van der Waals surface area (Å²) in [6, 6.07) is 17.3. The smallest absolute Gasteiger partial charge is 0.338 e. The highest BCUT2D eigenvalue weighted by Gasteiger charge is 2.26. The molecule has 0 heterocycles. The molecule has 0 radical (unpaired) electrons. The third-order valence-corrected chi connectivity index (χ3v) is 3.82. The molecule has 0 saturated carbocycles. The van der Waals surface area contributed by atoms with Crippen LogP contribution >= 0.6 is 0 Å². The summed E-state index contributed by atoms with van der Waals surface area (Å²) >= 11 is 0. The van der Waals surface area contributed by atoms with Gasteiger partial charge in [0.05, 0.1) is 17.7 Å². The number of esters is 2. The van der Waals surface area contributed by atoms with Crippen LogP contribution in [0.5, 0.6) is 0 Å². The number of allylic oxidation sites excluding steroid dienone is 1. The Kier molecular flexibility index (Phi) is 8.69. The van der Waals surface area contributed by atoms with Gasteiger partial charge in [-0.3, -0.25) is 0 Å². The second-order valence-corrected chi connectivity index (χ2v) is 5.89. The highest BCUT2D eigenvalue weighted by Crippen LogP contribution is 2.13. The SMILES string of the molecule is C=CCO[C@H](COC(=O)c1ccccc1)[C@@H](/C=C/C)OC(=O)c1ccccc1. The number of rotatable bonds is 10. The molecule has 0 bridgehead atoms. The molecule has 0 N–H and O–H groups in total. The van der Waals surface area contributed by atoms with Gasteiger partial charge in [0.2, 0.25) is 0 Å². The summed E-state index contributed by atoms with van der Waals surface area (Å²) in [6.07, 6.45) is 3.64. The molecule has 5 nitrogen and oxygen atoms in total. The first-order chi connectivity index (χ1) is 13.7. The molecule has 0 aliphatic heterocycles. The summed E-state index contributed by atoms with van der Waals surface area (Å²) in [7, 11) is 0. The molecule has 2 aromatic carbocycles. The number of hydrogen-bond donors (Lipinski definition) is 0. The zero-order valence-electron chi connectivity index (χ0n) is 15.8. The normalized spacial score (nSPS) is 12.9. The first-order valence-electron chi connectivity index (χ1n) is 8.99. The van der Waals surface area contributed by atoms with Gasteiger partial charge in [-0.15, -0.1) is 6.58 Å². The van der Waals surface area contributed by atoms with Crippen molar-refractivity contribution in [2.24, 2.45) is 0 Å². The van der Waals surface area contributed by atoms with Gasteiger partial charge in [0.15, 0.2) is 0 Å². The molecule has 0 unspecified atom stereocenters. The molecule has 0 aromatic heterocycles. The van der Waals surface area contributed by atoms with Crippen LogP contribution in [0.25, 0.3) is 0 Å². The standard InChI is InChI=1S/C23H24O5/c1-3-11-20(28-23(25)19-14-9-6-10-15-19)21(26-16-4-2)17-27-22(24)18-12-7-5-8-13-18/h3-15,20-21H,2,16-17H2,1H3/b11-3+/t20-,21-/m1/s1. The maximum absolute atomic E-state index is 12.4. The zero-order valence-corrected chi connectivity index (χ0v) is 15.8. The van der Waals surface area contributed by atoms with Crippen LogP contribution in [0.3, 0.4) is 0 Å². The molecule has 28 heavy (non-hydrogen) atoms. The van der Waals surface area contributed by atoms with E-state index in [-0.39, 0.29) is 13.2 Å². The number of carbonyl (C=O) groups excluding carboxylic acids is 2. The molecule has 0 aliphatic rings. The lowest BCUT2D eigenvalue weighted by atomic mass is 10.1. The maximum atomic E-state index is 12.4. The molecule has 0 amide bonds. The van der Waals surface area contributed by atoms with Gasteiger partial charge in [0.1, 0.15) is 18.8 Å². The van der Waals surface area contributed by atoms with Crippen LogP contribution in [0, 0.1) is 0 Å². The third kappa shape index (κ3) is 6.52. The van der Waals surface area contributed by atoms with Crippen LogP contribution in [0.1, 0.15) is 27.6 Å². The van der Waals surface area contributed by atoms with Crippen molar-refractivity contribution in [2.45, 2.75) is 19.1 Å². The van der Waals surface area contributed by atoms with Crippen molar-refractivity contribution >= 4 is 11.9 Å². The van der Waals surface area contributed by atoms with Gasteiger partial charge >= 0.3 is 11.9 Å². The van der Waals surface area contributed by atoms with Crippen molar-refractivity contribution in [3.8, 4) is 0 Å². The minimum absolute atomic E-state index is 0.0708. The van der Waals surface area contributed by atoms with Crippen LogP contribution < -0.4 is 0 Å². The fraction of sp³-hybridized carbons (Fsp3) is 0.217. The largest absolute Gasteiger partial charge is 0.459 e. The topological polar surface area (TPSA) is 61.8 Å². The van der Waals surface area contributed by atoms with Crippen LogP contribution in [-0.2, 0) is 14.2 Å². The predicted octanol–water partition coefficient (Wildman–Crippen LogP) is 4.22. The Bertz CT molecular complexity index is 783. The molecule has 5 heteroatoms. The number of benzene rings is 2. The molecule has 146 valence electrons. The molecule has 0 spiro atoms. The highest BCUT2D eigenvalue weighted by molar-refractivity contribution is 5.90. The van der Waals surface area contributed by atoms with Crippen molar-refractivity contribution in [2.75, 3.05) is 13.2 Å². The number of hydrogen-bond acceptors (Lipinski definition) is 5. The molecule has 2 atom stereocenters. The van der Waals surface area contributed by atoms with Crippen LogP contribution in [0.15, 0.2) is 85.5 Å². The molecule has 2 aromatic rings. The summed E-state index contributed by atoms with van der Waals surface area (Å²) in [5, 5.41) is 0. The van der Waals surface area contributed by atoms with Crippen molar-refractivity contribution in [1.29, 1.82) is 0 Å². The van der Waals surface area contributed by atoms with Gasteiger partial charge in [-0.1, -0.05) is 48.6 Å². The minimum Gasteiger partial charge on any atom is -0.459 e. The predicted molar refractivity (Wildman–Crippen MR) is 107 cm³/mol. The quantitative estimate of drug-likeness (QED) is 0.456. The molecule has 0 saturated heterocycles. The van der Waals surface area contributed by atoms with E-state index >= 15 is 0 Å². The molecular formula is C23H24O5. The van der Waals surface area contributed by atoms with Crippen molar-refractivity contribution < 1.29 is 23.8 Å². The second kappa shape index (κ2) is 11.5. The van der Waals surface area contributed by atoms with Crippen LogP contribution in [0.4, 0.5) is 0 Å². The lowest BCUT2D eigenvalue weighted by molar-refractivity contribution is -0.0550. The fourth-order valence-electron chi connectivity index (χ4n) is 2.44. The highest BCUT2D eigenvalue weighted by atomic mass is 16.6. The zero-order chi connectivity index (χ0) is 20.2. The first kappa shape index (κ1) is 21.1. The number of carbonyl (C=O) groups is 2. The van der Waals surface area contributed by atoms with E-state index in [2.05, 4.69) is 6.58 Å². The molecular weight excluding hydrogens is 356 g/mol. The Morgan fingerprint density at radius 3 is 2.07 bits per heavy atom. The third-order valence-electron chi connectivity index (χ3n) is 3.82. The average molecular weight is 380 g/mol. The summed E-state index contributed by atoms with van der Waals surface area (Å²) in [4.78, 5) is 24.7. The lowest BCUT2D eigenvalue weighted by Gasteiger charge is -2.24. The van der Waals surface area contributed by atoms with Crippen molar-refractivity contribution in [1.82, 2.24) is 0 Å². The Balaban J connectivity index is 2.08. The van der Waals surface area contributed by atoms with Crippen molar-refractivity contribution in [3.05, 3.63) is 96.6 Å². The fourth-order valence-corrected chi connectivity index (χ4v) is 2.44. The molecule has 0 fully saturated rings. The van der Waals surface area contributed by atoms with E-state index in [4.69, 9.17) is 14.2 Å². The Morgan fingerprint density at radius 2 is 1.54 bits per heavy atom. The molecule has 2 rings (SSSR count). The van der Waals surface area contributed by atoms with E-state index in [0.29, 0.717) is 11.1 Å². The minimum atomic E-state index is -0.721. The van der Waals surface area contributed by atoms with Crippen LogP contribution in [0.2, 0.25) is 0 Å². The monoisotopic (exact) mass is 380 g/mol. The Labute approximate surface area is 165 Å². The van der Waals surface area contributed by atoms with Gasteiger partial charge < -0.3 is 14.2 Å². The molecule has 0 aliphatic carbocycles. The van der Waals surface area contributed by atoms with Gasteiger partial charge in [-0.2, -0.15) is 0 Å². The van der Waals surface area contributed by atoms with E-state index in [0.717, 1.165) is 0 Å². The van der Waals surface area contributed by atoms with Crippen LogP contribution in [-0.4, -0.2) is 37.4 Å². The Morgan fingerprint density at radius 1 is 0.964 bits per heavy atom. The first-order valence-corrected chi connectivity index (χ1v) is 8.99. The van der Waals surface area contributed by atoms with E-state index < -0.39 is 24.1 Å². The maximum Gasteiger partial charge on any atom is 0.338 e. The summed E-state index contributed by atoms with van der Waals surface area (Å²) in [5.74, 6) is -0.952. The van der Waals surface area contributed by atoms with Gasteiger partial charge in [0, 0.05) is 0 Å². The Hall–Kier alpha value is -3.18. The lowest BCUT2D eigenvalue weighted by Crippen LogP contribution is -2.37. The van der Waals surface area contributed by atoms with E-state index in [1.54, 1.807) is 66.8 Å². The van der Waals surface area contributed by atoms with Gasteiger partial charge in [0.25, 0.3) is 0 Å². The van der Waals surface area contributed by atoms with Gasteiger partial charge in [-0.05, 0) is 37.3 Å². The summed E-state index contributed by atoms with van der Waals surface area (Å²) in [6.45, 7) is 5.60. The second-order valence-electron chi connectivity index (χ2n) is 5.89. The summed E-state index contributed by atoms with van der Waals surface area (Å²) in [5.41, 5.74) is 0.870. The summed E-state index contributed by atoms with van der Waals surface area (Å²) < 4.78 is 16.7. The van der Waals surface area contributed by atoms with E-state index in [1.165, 1.54) is 0 Å². The van der Waals surface area contributed by atoms with Gasteiger partial charge in [-0.25, -0.2) is 9.59 Å². The van der Waals surface area contributed by atoms with Crippen molar-refractivity contribution in [3.63, 3.8) is 0 Å². The van der Waals surface area contributed by atoms with E-state index in [9.17, 15) is 9.59 Å². The average Bonchev–Trinajstić information content (AvgIpc) is 2.74. The number of ether oxygens (including phenoxy) is 3. The van der Waals surface area contributed by atoms with E-state index in [1.807, 2.05) is 19.1 Å².